The van der Waals surface area contributed by atoms with Gasteiger partial charge in [0.1, 0.15) is 11.6 Å². The van der Waals surface area contributed by atoms with Crippen LogP contribution in [-0.4, -0.2) is 66.5 Å². The maximum Gasteiger partial charge on any atom is 0.151 e. The lowest BCUT2D eigenvalue weighted by atomic mass is 9.71. The number of nitrogens with one attached hydrogen (secondary N) is 1. The topological polar surface area (TPSA) is 131 Å². The van der Waals surface area contributed by atoms with E-state index in [0.29, 0.717) is 19.6 Å². The van der Waals surface area contributed by atoms with E-state index in [2.05, 4.69) is 9.72 Å². The molecule has 2 atom stereocenters. The number of rotatable bonds is 16. The van der Waals surface area contributed by atoms with Gasteiger partial charge in [-0.3, -0.25) is 9.59 Å². The summed E-state index contributed by atoms with van der Waals surface area (Å²) in [5.41, 5.74) is -0.559. The van der Waals surface area contributed by atoms with Crippen molar-refractivity contribution < 1.29 is 34.0 Å². The second-order valence-corrected chi connectivity index (χ2v) is 10.2. The number of aliphatic hydroxyl groups excluding tert-OH is 1. The van der Waals surface area contributed by atoms with Crippen LogP contribution in [-0.2, 0) is 18.8 Å². The molecule has 10 heteroatoms. The minimum atomic E-state index is -1.73. The van der Waals surface area contributed by atoms with Crippen LogP contribution in [0.3, 0.4) is 0 Å². The fourth-order valence-electron chi connectivity index (χ4n) is 3.70. The van der Waals surface area contributed by atoms with Crippen molar-refractivity contribution in [3.8, 4) is 0 Å². The van der Waals surface area contributed by atoms with Gasteiger partial charge in [-0.2, -0.15) is 0 Å². The highest BCUT2D eigenvalue weighted by Crippen LogP contribution is 2.33. The number of hydrogen-bond donors (Lipinski definition) is 3. The van der Waals surface area contributed by atoms with Crippen molar-refractivity contribution in [2.75, 3.05) is 33.4 Å². The fraction of sp³-hybridized carbons (Fsp3) is 0.913. The number of aliphatic hydroxyl groups is 2. The van der Waals surface area contributed by atoms with Gasteiger partial charge in [-0.05, 0) is 33.1 Å². The monoisotopic (exact) mass is 493 g/mol. The maximum absolute atomic E-state index is 11.8. The van der Waals surface area contributed by atoms with Gasteiger partial charge in [-0.15, -0.1) is 0 Å². The number of unbranched alkanes of at least 4 members (excludes halogenated alkanes) is 6. The Morgan fingerprint density at radius 3 is 1.94 bits per heavy atom. The van der Waals surface area contributed by atoms with Gasteiger partial charge in [0.05, 0.1) is 13.2 Å². The number of Topliss-reactive ketones (excluding diaryl/α,β-unsaturated/α-hetero) is 2. The SMILES string of the molecule is CC(=O)C(CCCCCCCCCC(O)O)C(C)(C)C(C)=O.COP([O-])NN1CCOCC1. The molecule has 1 rings (SSSR count). The molecule has 0 amide bonds. The number of carbonyl (C=O) groups excluding carboxylic acids is 2. The van der Waals surface area contributed by atoms with E-state index in [9.17, 15) is 14.5 Å². The third-order valence-electron chi connectivity index (χ3n) is 6.12. The van der Waals surface area contributed by atoms with Crippen LogP contribution in [0, 0.1) is 11.3 Å². The zero-order valence-electron chi connectivity index (χ0n) is 21.2. The summed E-state index contributed by atoms with van der Waals surface area (Å²) in [5.74, 6) is 0.0255. The van der Waals surface area contributed by atoms with Crippen molar-refractivity contribution in [2.45, 2.75) is 91.8 Å². The first-order chi connectivity index (χ1) is 15.5. The summed E-state index contributed by atoms with van der Waals surface area (Å²) in [5, 5.41) is 22.0. The van der Waals surface area contributed by atoms with Crippen molar-refractivity contribution in [3.63, 3.8) is 0 Å². The summed E-state index contributed by atoms with van der Waals surface area (Å²) in [4.78, 5) is 34.3. The van der Waals surface area contributed by atoms with E-state index in [-0.39, 0.29) is 17.5 Å². The Morgan fingerprint density at radius 1 is 1.03 bits per heavy atom. The molecule has 1 aliphatic rings. The van der Waals surface area contributed by atoms with Crippen molar-refractivity contribution in [3.05, 3.63) is 0 Å². The molecule has 0 aromatic carbocycles. The third kappa shape index (κ3) is 15.9. The molecule has 0 aromatic heterocycles. The van der Waals surface area contributed by atoms with E-state index in [4.69, 9.17) is 14.9 Å². The molecule has 0 bridgehead atoms. The largest absolute Gasteiger partial charge is 0.795 e. The smallest absolute Gasteiger partial charge is 0.151 e. The first-order valence-electron chi connectivity index (χ1n) is 12.0. The van der Waals surface area contributed by atoms with Crippen LogP contribution in [0.4, 0.5) is 0 Å². The number of ether oxygens (including phenoxy) is 1. The van der Waals surface area contributed by atoms with E-state index in [1.807, 2.05) is 18.9 Å². The van der Waals surface area contributed by atoms with Crippen LogP contribution in [0.2, 0.25) is 0 Å². The molecule has 196 valence electrons. The molecule has 1 saturated heterocycles. The molecule has 2 unspecified atom stereocenters. The highest BCUT2D eigenvalue weighted by molar-refractivity contribution is 7.42. The van der Waals surface area contributed by atoms with Crippen LogP contribution >= 0.6 is 8.53 Å². The highest BCUT2D eigenvalue weighted by atomic mass is 31.2. The number of hydrazine groups is 1. The lowest BCUT2D eigenvalue weighted by Gasteiger charge is -2.33. The van der Waals surface area contributed by atoms with Crippen LogP contribution in [0.1, 0.15) is 85.5 Å². The molecule has 3 N–H and O–H groups in total. The number of morpholine rings is 1. The Morgan fingerprint density at radius 2 is 1.52 bits per heavy atom. The predicted octanol–water partition coefficient (Wildman–Crippen LogP) is 2.69. The van der Waals surface area contributed by atoms with Crippen LogP contribution in [0.25, 0.3) is 0 Å². The van der Waals surface area contributed by atoms with Gasteiger partial charge >= 0.3 is 0 Å². The lowest BCUT2D eigenvalue weighted by Crippen LogP contribution is -2.44. The van der Waals surface area contributed by atoms with Crippen LogP contribution in [0.15, 0.2) is 0 Å². The van der Waals surface area contributed by atoms with Crippen LogP contribution < -0.4 is 10.1 Å². The van der Waals surface area contributed by atoms with Crippen LogP contribution in [0.5, 0.6) is 0 Å². The molecule has 9 nitrogen and oxygen atoms in total. The third-order valence-corrected chi connectivity index (χ3v) is 6.90. The molecule has 1 heterocycles. The second-order valence-electron chi connectivity index (χ2n) is 9.11. The summed E-state index contributed by atoms with van der Waals surface area (Å²) >= 11 is 0. The van der Waals surface area contributed by atoms with Crippen molar-refractivity contribution in [1.82, 2.24) is 10.2 Å². The minimum Gasteiger partial charge on any atom is -0.795 e. The quantitative estimate of drug-likeness (QED) is 0.169. The average Bonchev–Trinajstić information content (AvgIpc) is 2.75. The molecule has 0 radical (unpaired) electrons. The molecular formula is C23H46N2O7P-. The first-order valence-corrected chi connectivity index (χ1v) is 13.2. The van der Waals surface area contributed by atoms with Gasteiger partial charge in [0, 0.05) is 40.1 Å². The van der Waals surface area contributed by atoms with Gasteiger partial charge in [0.25, 0.3) is 0 Å². The predicted molar refractivity (Wildman–Crippen MR) is 128 cm³/mol. The summed E-state index contributed by atoms with van der Waals surface area (Å²) < 4.78 is 9.67. The summed E-state index contributed by atoms with van der Waals surface area (Å²) in [7, 11) is -0.322. The molecule has 1 aliphatic heterocycles. The molecule has 0 aliphatic carbocycles. The highest BCUT2D eigenvalue weighted by Gasteiger charge is 2.36. The standard InChI is InChI=1S/C18H34O4.C5H12N2O3P/c1-14(19)16(18(3,4)15(2)20)12-10-8-6-5-7-9-11-13-17(21)22;1-9-11(8)6-7-2-4-10-5-3-7/h16-17,21-22H,5-13H2,1-4H3;6H,2-5H2,1H3/q;-1. The Labute approximate surface area is 201 Å². The normalized spacial score (nSPS) is 16.8. The maximum atomic E-state index is 11.8. The van der Waals surface area contributed by atoms with E-state index in [1.165, 1.54) is 7.11 Å². The molecular weight excluding hydrogens is 447 g/mol. The Kier molecular flexibility index (Phi) is 18.5. The second kappa shape index (κ2) is 18.8. The molecule has 0 saturated carbocycles. The molecule has 33 heavy (non-hydrogen) atoms. The summed E-state index contributed by atoms with van der Waals surface area (Å²) in [6.07, 6.45) is 7.42. The number of ketones is 2. The van der Waals surface area contributed by atoms with Gasteiger partial charge < -0.3 is 24.4 Å². The Bertz CT molecular complexity index is 529. The van der Waals surface area contributed by atoms with E-state index < -0.39 is 20.2 Å². The number of hydrogen-bond acceptors (Lipinski definition) is 9. The van der Waals surface area contributed by atoms with Gasteiger partial charge in [0.2, 0.25) is 0 Å². The molecule has 1 fully saturated rings. The lowest BCUT2D eigenvalue weighted by molar-refractivity contribution is -0.186. The minimum absolute atomic E-state index is 0.0822. The number of carbonyl (C=O) groups is 2. The summed E-state index contributed by atoms with van der Waals surface area (Å²) in [6, 6.07) is 0. The zero-order valence-corrected chi connectivity index (χ0v) is 22.1. The van der Waals surface area contributed by atoms with E-state index in [1.54, 1.807) is 13.8 Å². The zero-order chi connectivity index (χ0) is 25.3. The summed E-state index contributed by atoms with van der Waals surface area (Å²) in [6.45, 7) is 9.77. The Hall–Kier alpha value is -0.510. The first kappa shape index (κ1) is 32.5. The van der Waals surface area contributed by atoms with Crippen molar-refractivity contribution >= 4 is 20.1 Å². The van der Waals surface area contributed by atoms with Gasteiger partial charge in [-0.25, -0.2) is 10.2 Å². The van der Waals surface area contributed by atoms with E-state index >= 15 is 0 Å². The van der Waals surface area contributed by atoms with Crippen molar-refractivity contribution in [2.24, 2.45) is 11.3 Å². The molecule has 0 aromatic rings. The average molecular weight is 494 g/mol. The van der Waals surface area contributed by atoms with E-state index in [0.717, 1.165) is 64.5 Å². The fourth-order valence-corrected chi connectivity index (χ4v) is 4.21. The van der Waals surface area contributed by atoms with Gasteiger partial charge in [-0.1, -0.05) is 52.4 Å². The molecule has 0 spiro atoms. The Balaban J connectivity index is 0.000000771. The van der Waals surface area contributed by atoms with Crippen molar-refractivity contribution in [1.29, 1.82) is 0 Å². The number of nitrogens with zero attached hydrogens (tertiary/aromatic N) is 1. The van der Waals surface area contributed by atoms with Gasteiger partial charge in [0.15, 0.2) is 6.29 Å².